The number of para-hydroxylation sites is 1. The molecule has 32 heavy (non-hydrogen) atoms. The van der Waals surface area contributed by atoms with E-state index in [0.717, 1.165) is 15.8 Å². The Morgan fingerprint density at radius 3 is 2.34 bits per heavy atom. The van der Waals surface area contributed by atoms with E-state index in [0.29, 0.717) is 4.80 Å². The number of sulfonamides is 1. The third-order valence-corrected chi connectivity index (χ3v) is 7.83. The molecule has 1 N–H and O–H groups in total. The number of nitrogens with one attached hydrogen (secondary N) is 1. The first-order valence-electron chi connectivity index (χ1n) is 10.00. The molecule has 0 saturated heterocycles. The summed E-state index contributed by atoms with van der Waals surface area (Å²) in [6, 6.07) is 17.2. The minimum absolute atomic E-state index is 0.129. The second kappa shape index (κ2) is 8.37. The van der Waals surface area contributed by atoms with Crippen LogP contribution < -0.4 is 9.52 Å². The molecule has 8 heteroatoms. The highest BCUT2D eigenvalue weighted by Crippen LogP contribution is 2.23. The molecular weight excluding hydrogens is 442 g/mol. The molecule has 0 aliphatic heterocycles. The SMILES string of the molecule is Cc1ccc(S(=O)(=O)Nc2ccccc2C(=O)N=c2sc3cc(C)c(C)cc3n2C)cc1. The van der Waals surface area contributed by atoms with Crippen molar-refractivity contribution in [3.63, 3.8) is 0 Å². The highest BCUT2D eigenvalue weighted by Gasteiger charge is 2.18. The molecule has 4 rings (SSSR count). The Hall–Kier alpha value is -3.23. The van der Waals surface area contributed by atoms with Crippen LogP contribution in [0, 0.1) is 20.8 Å². The highest BCUT2D eigenvalue weighted by atomic mass is 32.2. The predicted octanol–water partition coefficient (Wildman–Crippen LogP) is 4.71. The number of benzene rings is 3. The number of anilines is 1. The Morgan fingerprint density at radius 1 is 0.969 bits per heavy atom. The van der Waals surface area contributed by atoms with Crippen molar-refractivity contribution in [3.8, 4) is 0 Å². The van der Waals surface area contributed by atoms with Crippen molar-refractivity contribution in [2.75, 3.05) is 4.72 Å². The summed E-state index contributed by atoms with van der Waals surface area (Å²) in [5, 5.41) is 0. The van der Waals surface area contributed by atoms with Gasteiger partial charge in [-0.05, 0) is 68.3 Å². The lowest BCUT2D eigenvalue weighted by atomic mass is 10.1. The Morgan fingerprint density at radius 2 is 1.62 bits per heavy atom. The summed E-state index contributed by atoms with van der Waals surface area (Å²) in [7, 11) is -1.98. The molecule has 0 spiro atoms. The Bertz CT molecular complexity index is 1510. The van der Waals surface area contributed by atoms with E-state index in [9.17, 15) is 13.2 Å². The van der Waals surface area contributed by atoms with Gasteiger partial charge in [-0.3, -0.25) is 9.52 Å². The molecule has 1 amide bonds. The van der Waals surface area contributed by atoms with E-state index in [1.807, 2.05) is 32.4 Å². The first-order valence-corrected chi connectivity index (χ1v) is 12.3. The third kappa shape index (κ3) is 4.24. The Kier molecular flexibility index (Phi) is 5.75. The van der Waals surface area contributed by atoms with Crippen molar-refractivity contribution in [2.24, 2.45) is 12.0 Å². The molecule has 0 radical (unpaired) electrons. The normalized spacial score (nSPS) is 12.3. The van der Waals surface area contributed by atoms with Gasteiger partial charge < -0.3 is 4.57 Å². The van der Waals surface area contributed by atoms with Gasteiger partial charge >= 0.3 is 0 Å². The molecule has 0 atom stereocenters. The van der Waals surface area contributed by atoms with Crippen LogP contribution in [0.3, 0.4) is 0 Å². The van der Waals surface area contributed by atoms with Crippen LogP contribution in [0.2, 0.25) is 0 Å². The monoisotopic (exact) mass is 465 g/mol. The van der Waals surface area contributed by atoms with Crippen LogP contribution in [-0.2, 0) is 17.1 Å². The van der Waals surface area contributed by atoms with Gasteiger partial charge in [-0.15, -0.1) is 0 Å². The summed E-state index contributed by atoms with van der Waals surface area (Å²) in [5.74, 6) is -0.511. The maximum Gasteiger partial charge on any atom is 0.281 e. The van der Waals surface area contributed by atoms with E-state index >= 15 is 0 Å². The fourth-order valence-electron chi connectivity index (χ4n) is 3.31. The van der Waals surface area contributed by atoms with Crippen LogP contribution in [0.4, 0.5) is 5.69 Å². The van der Waals surface area contributed by atoms with Gasteiger partial charge in [0.25, 0.3) is 15.9 Å². The molecule has 164 valence electrons. The molecule has 0 bridgehead atoms. The number of aromatic nitrogens is 1. The maximum absolute atomic E-state index is 13.1. The van der Waals surface area contributed by atoms with Crippen molar-refractivity contribution in [2.45, 2.75) is 25.7 Å². The molecule has 1 heterocycles. The van der Waals surface area contributed by atoms with Gasteiger partial charge in [-0.2, -0.15) is 4.99 Å². The number of rotatable bonds is 4. The molecule has 0 saturated carbocycles. The first-order chi connectivity index (χ1) is 15.2. The molecule has 0 aliphatic rings. The summed E-state index contributed by atoms with van der Waals surface area (Å²) in [4.78, 5) is 18.0. The number of fused-ring (bicyclic) bond motifs is 1. The zero-order valence-electron chi connectivity index (χ0n) is 18.2. The molecule has 1 aromatic heterocycles. The van der Waals surface area contributed by atoms with Crippen molar-refractivity contribution in [3.05, 3.63) is 87.7 Å². The Balaban J connectivity index is 1.73. The summed E-state index contributed by atoms with van der Waals surface area (Å²) in [6.07, 6.45) is 0. The second-order valence-corrected chi connectivity index (χ2v) is 10.4. The topological polar surface area (TPSA) is 80.5 Å². The van der Waals surface area contributed by atoms with Crippen molar-refractivity contribution >= 4 is 43.2 Å². The van der Waals surface area contributed by atoms with Crippen LogP contribution in [0.1, 0.15) is 27.0 Å². The van der Waals surface area contributed by atoms with Crippen molar-refractivity contribution in [1.82, 2.24) is 4.57 Å². The van der Waals surface area contributed by atoms with Crippen LogP contribution in [0.15, 0.2) is 70.6 Å². The van der Waals surface area contributed by atoms with Crippen LogP contribution in [0.25, 0.3) is 10.2 Å². The van der Waals surface area contributed by atoms with E-state index in [1.54, 1.807) is 36.4 Å². The largest absolute Gasteiger partial charge is 0.319 e. The average Bonchev–Trinajstić information content (AvgIpc) is 3.03. The van der Waals surface area contributed by atoms with Gasteiger partial charge in [0.15, 0.2) is 4.80 Å². The smallest absolute Gasteiger partial charge is 0.281 e. The summed E-state index contributed by atoms with van der Waals surface area (Å²) < 4.78 is 31.1. The maximum atomic E-state index is 13.1. The van der Waals surface area contributed by atoms with Crippen LogP contribution in [0.5, 0.6) is 0 Å². The molecule has 0 fully saturated rings. The van der Waals surface area contributed by atoms with Crippen molar-refractivity contribution in [1.29, 1.82) is 0 Å². The molecule has 6 nitrogen and oxygen atoms in total. The van der Waals surface area contributed by atoms with Crippen LogP contribution >= 0.6 is 11.3 Å². The molecule has 0 aliphatic carbocycles. The Labute approximate surface area is 190 Å². The number of amides is 1. The van der Waals surface area contributed by atoms with E-state index in [1.165, 1.54) is 34.6 Å². The third-order valence-electron chi connectivity index (χ3n) is 5.36. The first kappa shape index (κ1) is 22.0. The number of carbonyl (C=O) groups is 1. The quantitative estimate of drug-likeness (QED) is 0.474. The van der Waals surface area contributed by atoms with Gasteiger partial charge in [-0.1, -0.05) is 41.2 Å². The van der Waals surface area contributed by atoms with E-state index in [-0.39, 0.29) is 16.1 Å². The fourth-order valence-corrected chi connectivity index (χ4v) is 5.49. The fraction of sp³-hybridized carbons (Fsp3) is 0.167. The summed E-state index contributed by atoms with van der Waals surface area (Å²) in [5.41, 5.74) is 4.68. The van der Waals surface area contributed by atoms with Gasteiger partial charge in [0.05, 0.1) is 26.4 Å². The standard InChI is InChI=1S/C24H23N3O3S2/c1-15-9-11-18(12-10-15)32(29,30)26-20-8-6-5-7-19(20)23(28)25-24-27(4)21-13-16(2)17(3)14-22(21)31-24/h5-14,26H,1-4H3. The number of nitrogens with zero attached hydrogens (tertiary/aromatic N) is 2. The molecule has 3 aromatic carbocycles. The van der Waals surface area contributed by atoms with Gasteiger partial charge in [0, 0.05) is 7.05 Å². The van der Waals surface area contributed by atoms with E-state index in [4.69, 9.17) is 0 Å². The lowest BCUT2D eigenvalue weighted by Gasteiger charge is -2.11. The summed E-state index contributed by atoms with van der Waals surface area (Å²) >= 11 is 1.42. The minimum Gasteiger partial charge on any atom is -0.319 e. The summed E-state index contributed by atoms with van der Waals surface area (Å²) in [6.45, 7) is 5.98. The lowest BCUT2D eigenvalue weighted by molar-refractivity contribution is 0.0999. The highest BCUT2D eigenvalue weighted by molar-refractivity contribution is 7.92. The number of carbonyl (C=O) groups excluding carboxylic acids is 1. The minimum atomic E-state index is -3.84. The van der Waals surface area contributed by atoms with Crippen LogP contribution in [-0.4, -0.2) is 18.9 Å². The van der Waals surface area contributed by atoms with Gasteiger partial charge in [0.2, 0.25) is 0 Å². The number of hydrogen-bond donors (Lipinski definition) is 1. The van der Waals surface area contributed by atoms with Gasteiger partial charge in [0.1, 0.15) is 0 Å². The lowest BCUT2D eigenvalue weighted by Crippen LogP contribution is -2.17. The molecule has 0 unspecified atom stereocenters. The number of thiazole rings is 1. The van der Waals surface area contributed by atoms with Crippen molar-refractivity contribution < 1.29 is 13.2 Å². The van der Waals surface area contributed by atoms with E-state index in [2.05, 4.69) is 21.8 Å². The average molecular weight is 466 g/mol. The number of hydrogen-bond acceptors (Lipinski definition) is 4. The number of aryl methyl sites for hydroxylation is 4. The molecular formula is C24H23N3O3S2. The second-order valence-electron chi connectivity index (χ2n) is 7.73. The predicted molar refractivity (Wildman–Crippen MR) is 129 cm³/mol. The molecule has 4 aromatic rings. The van der Waals surface area contributed by atoms with E-state index < -0.39 is 15.9 Å². The zero-order chi connectivity index (χ0) is 23.0. The zero-order valence-corrected chi connectivity index (χ0v) is 19.8. The van der Waals surface area contributed by atoms with Gasteiger partial charge in [-0.25, -0.2) is 8.42 Å².